The number of nitrogens with zero attached hydrogens (tertiary/aromatic N) is 2. The lowest BCUT2D eigenvalue weighted by molar-refractivity contribution is 0.0861. The van der Waals surface area contributed by atoms with Gasteiger partial charge >= 0.3 is 6.03 Å². The first kappa shape index (κ1) is 20.2. The lowest BCUT2D eigenvalue weighted by Crippen LogP contribution is -2.52. The largest absolute Gasteiger partial charge is 0.377 e. The van der Waals surface area contributed by atoms with Crippen LogP contribution in [0.3, 0.4) is 0 Å². The van der Waals surface area contributed by atoms with Crippen LogP contribution in [-0.4, -0.2) is 68.3 Å². The Bertz CT molecular complexity index is 631. The summed E-state index contributed by atoms with van der Waals surface area (Å²) in [7, 11) is 5.83. The van der Waals surface area contributed by atoms with Crippen molar-refractivity contribution in [3.8, 4) is 0 Å². The van der Waals surface area contributed by atoms with E-state index in [0.29, 0.717) is 12.0 Å². The average Bonchev–Trinajstić information content (AvgIpc) is 2.67. The van der Waals surface area contributed by atoms with Crippen LogP contribution in [0.4, 0.5) is 4.79 Å². The summed E-state index contributed by atoms with van der Waals surface area (Å²) >= 11 is 0. The van der Waals surface area contributed by atoms with E-state index in [-0.39, 0.29) is 24.1 Å². The summed E-state index contributed by atoms with van der Waals surface area (Å²) in [5, 5.41) is 3.26. The highest BCUT2D eigenvalue weighted by Gasteiger charge is 2.35. The second-order valence-electron chi connectivity index (χ2n) is 8.42. The zero-order chi connectivity index (χ0) is 19.6. The minimum Gasteiger partial charge on any atom is -0.377 e. The smallest absolute Gasteiger partial charge is 0.317 e. The number of carbonyl (C=O) groups is 1. The van der Waals surface area contributed by atoms with E-state index in [2.05, 4.69) is 55.4 Å². The number of methoxy groups -OCH3 is 1. The molecule has 0 saturated carbocycles. The molecule has 0 radical (unpaired) electrons. The number of piperidine rings is 1. The molecule has 0 aromatic carbocycles. The van der Waals surface area contributed by atoms with Crippen LogP contribution in [-0.2, 0) is 4.74 Å². The van der Waals surface area contributed by atoms with Gasteiger partial charge in [-0.2, -0.15) is 0 Å². The van der Waals surface area contributed by atoms with Gasteiger partial charge in [0.2, 0.25) is 0 Å². The van der Waals surface area contributed by atoms with E-state index in [1.165, 1.54) is 11.1 Å². The molecule has 1 aliphatic heterocycles. The van der Waals surface area contributed by atoms with E-state index in [1.54, 1.807) is 7.11 Å². The molecule has 3 aliphatic rings. The first-order valence-corrected chi connectivity index (χ1v) is 10.3. The van der Waals surface area contributed by atoms with Crippen LogP contribution < -0.4 is 5.32 Å². The number of hydrogen-bond acceptors (Lipinski definition) is 3. The van der Waals surface area contributed by atoms with E-state index < -0.39 is 0 Å². The van der Waals surface area contributed by atoms with Crippen LogP contribution in [0.5, 0.6) is 0 Å². The molecule has 1 heterocycles. The third-order valence-electron chi connectivity index (χ3n) is 6.55. The highest BCUT2D eigenvalue weighted by atomic mass is 16.5. The van der Waals surface area contributed by atoms with Crippen molar-refractivity contribution in [3.63, 3.8) is 0 Å². The molecule has 2 amide bonds. The molecule has 3 rings (SSSR count). The topological polar surface area (TPSA) is 44.8 Å². The van der Waals surface area contributed by atoms with Gasteiger partial charge in [-0.1, -0.05) is 31.2 Å². The molecule has 0 bridgehead atoms. The fourth-order valence-corrected chi connectivity index (χ4v) is 4.68. The maximum Gasteiger partial charge on any atom is 0.317 e. The van der Waals surface area contributed by atoms with Crippen LogP contribution in [0.2, 0.25) is 0 Å². The van der Waals surface area contributed by atoms with E-state index in [0.717, 1.165) is 32.4 Å². The molecule has 1 N–H and O–H groups in total. The Balaban J connectivity index is 1.70. The van der Waals surface area contributed by atoms with Crippen molar-refractivity contribution < 1.29 is 9.53 Å². The Morgan fingerprint density at radius 2 is 2.00 bits per heavy atom. The van der Waals surface area contributed by atoms with Gasteiger partial charge in [0.1, 0.15) is 0 Å². The number of rotatable bonds is 4. The quantitative estimate of drug-likeness (QED) is 0.823. The summed E-state index contributed by atoms with van der Waals surface area (Å²) in [4.78, 5) is 17.1. The summed E-state index contributed by atoms with van der Waals surface area (Å²) in [6.45, 7) is 6.48. The highest BCUT2D eigenvalue weighted by Crippen LogP contribution is 2.38. The molecule has 0 aromatic rings. The summed E-state index contributed by atoms with van der Waals surface area (Å²) in [5.41, 5.74) is 2.71. The Labute approximate surface area is 164 Å². The average molecular weight is 374 g/mol. The Morgan fingerprint density at radius 1 is 1.30 bits per heavy atom. The van der Waals surface area contributed by atoms with Gasteiger partial charge in [0, 0.05) is 32.2 Å². The molecule has 5 nitrogen and oxygen atoms in total. The number of urea groups is 1. The van der Waals surface area contributed by atoms with Gasteiger partial charge in [0.25, 0.3) is 0 Å². The predicted molar refractivity (Wildman–Crippen MR) is 110 cm³/mol. The minimum absolute atomic E-state index is 0.000985. The Kier molecular flexibility index (Phi) is 6.43. The Hall–Kier alpha value is -1.59. The van der Waals surface area contributed by atoms with Gasteiger partial charge in [-0.25, -0.2) is 4.79 Å². The molecule has 1 fully saturated rings. The fraction of sp³-hybridized carbons (Fsp3) is 0.682. The van der Waals surface area contributed by atoms with Gasteiger partial charge in [-0.15, -0.1) is 0 Å². The van der Waals surface area contributed by atoms with Crippen LogP contribution in [0.25, 0.3) is 0 Å². The molecule has 5 heteroatoms. The molecular weight excluding hydrogens is 338 g/mol. The molecular formula is C22H35N3O2. The van der Waals surface area contributed by atoms with Gasteiger partial charge < -0.3 is 19.9 Å². The van der Waals surface area contributed by atoms with E-state index in [9.17, 15) is 4.79 Å². The number of ether oxygens (including phenoxy) is 1. The molecule has 1 saturated heterocycles. The van der Waals surface area contributed by atoms with E-state index >= 15 is 0 Å². The Morgan fingerprint density at radius 3 is 2.67 bits per heavy atom. The summed E-state index contributed by atoms with van der Waals surface area (Å²) < 4.78 is 5.75. The summed E-state index contributed by atoms with van der Waals surface area (Å²) in [6.07, 6.45) is 12.0. The number of carbonyl (C=O) groups excluding carboxylic acids is 1. The molecule has 4 unspecified atom stereocenters. The summed E-state index contributed by atoms with van der Waals surface area (Å²) in [6, 6.07) is 0.347. The maximum absolute atomic E-state index is 12.9. The highest BCUT2D eigenvalue weighted by molar-refractivity contribution is 5.74. The van der Waals surface area contributed by atoms with Crippen molar-refractivity contribution in [3.05, 3.63) is 35.5 Å². The summed E-state index contributed by atoms with van der Waals surface area (Å²) in [5.74, 6) is 0.662. The van der Waals surface area contributed by atoms with Crippen molar-refractivity contribution in [1.29, 1.82) is 0 Å². The second-order valence-corrected chi connectivity index (χ2v) is 8.42. The first-order valence-electron chi connectivity index (χ1n) is 10.3. The van der Waals surface area contributed by atoms with Gasteiger partial charge in [0.15, 0.2) is 0 Å². The molecule has 0 spiro atoms. The van der Waals surface area contributed by atoms with Gasteiger partial charge in [0.05, 0.1) is 6.10 Å². The number of likely N-dealkylation sites (tertiary alicyclic amines) is 1. The SMILES string of the molecule is COC1C=CC2=C(C=CCC2C)C1C(C)NC(=O)N(C)C1CCN(C)CC1. The second kappa shape index (κ2) is 8.61. The van der Waals surface area contributed by atoms with Crippen LogP contribution >= 0.6 is 0 Å². The van der Waals surface area contributed by atoms with Crippen molar-refractivity contribution >= 4 is 6.03 Å². The number of nitrogens with one attached hydrogen (secondary N) is 1. The van der Waals surface area contributed by atoms with Crippen molar-refractivity contribution in [1.82, 2.24) is 15.1 Å². The number of amides is 2. The zero-order valence-corrected chi connectivity index (χ0v) is 17.4. The third kappa shape index (κ3) is 4.30. The maximum atomic E-state index is 12.9. The van der Waals surface area contributed by atoms with Crippen molar-refractivity contribution in [2.24, 2.45) is 11.8 Å². The minimum atomic E-state index is -0.0114. The fourth-order valence-electron chi connectivity index (χ4n) is 4.68. The van der Waals surface area contributed by atoms with Crippen molar-refractivity contribution in [2.45, 2.75) is 51.3 Å². The first-order chi connectivity index (χ1) is 12.9. The normalized spacial score (nSPS) is 30.2. The third-order valence-corrected chi connectivity index (χ3v) is 6.55. The molecule has 4 atom stereocenters. The predicted octanol–water partition coefficient (Wildman–Crippen LogP) is 3.20. The van der Waals surface area contributed by atoms with E-state index in [4.69, 9.17) is 4.74 Å². The number of hydrogen-bond donors (Lipinski definition) is 1. The molecule has 150 valence electrons. The van der Waals surface area contributed by atoms with Crippen LogP contribution in [0.15, 0.2) is 35.5 Å². The standard InChI is InChI=1S/C22H35N3O2/c1-15-7-6-8-19-18(15)9-10-20(27-5)21(19)16(2)23-22(26)25(4)17-11-13-24(3)14-12-17/h6,8-10,15-17,20-21H,7,11-14H2,1-5H3,(H,23,26). The number of allylic oxidation sites excluding steroid dienone is 4. The van der Waals surface area contributed by atoms with Gasteiger partial charge in [-0.3, -0.25) is 0 Å². The molecule has 0 aromatic heterocycles. The van der Waals surface area contributed by atoms with Crippen LogP contribution in [0.1, 0.15) is 33.1 Å². The monoisotopic (exact) mass is 373 g/mol. The van der Waals surface area contributed by atoms with Crippen LogP contribution in [0, 0.1) is 11.8 Å². The lowest BCUT2D eigenvalue weighted by Gasteiger charge is -2.39. The van der Waals surface area contributed by atoms with Gasteiger partial charge in [-0.05, 0) is 63.4 Å². The van der Waals surface area contributed by atoms with Crippen molar-refractivity contribution in [2.75, 3.05) is 34.3 Å². The molecule has 27 heavy (non-hydrogen) atoms. The zero-order valence-electron chi connectivity index (χ0n) is 17.4. The lowest BCUT2D eigenvalue weighted by atomic mass is 9.74. The van der Waals surface area contributed by atoms with E-state index in [1.807, 2.05) is 11.9 Å². The molecule has 2 aliphatic carbocycles.